The van der Waals surface area contributed by atoms with E-state index in [4.69, 9.17) is 0 Å². The van der Waals surface area contributed by atoms with Gasteiger partial charge in [-0.2, -0.15) is 0 Å². The fraction of sp³-hybridized carbons (Fsp3) is 0.556. The van der Waals surface area contributed by atoms with Crippen LogP contribution >= 0.6 is 0 Å². The highest BCUT2D eigenvalue weighted by molar-refractivity contribution is 6.65. The molecule has 0 aliphatic carbocycles. The highest BCUT2D eigenvalue weighted by atomic mass is 27.2. The molecule has 0 radical (unpaired) electrons. The highest BCUT2D eigenvalue weighted by Gasteiger charge is 2.16. The summed E-state index contributed by atoms with van der Waals surface area (Å²) in [6.07, 6.45) is 2.38. The Morgan fingerprint density at radius 2 is 1.37 bits per heavy atom. The van der Waals surface area contributed by atoms with Crippen LogP contribution in [0.5, 0.6) is 0 Å². The van der Waals surface area contributed by atoms with Crippen LogP contribution in [0.3, 0.4) is 0 Å². The quantitative estimate of drug-likeness (QED) is 0.586. The molecule has 1 rings (SSSR count). The zero-order valence-corrected chi connectivity index (χ0v) is 14.7. The molecule has 0 aliphatic heterocycles. The summed E-state index contributed by atoms with van der Waals surface area (Å²) in [5.74, 6) is 1.67. The average molecular weight is 272 g/mol. The first-order valence-corrected chi connectivity index (χ1v) is 9.93. The van der Waals surface area contributed by atoms with Gasteiger partial charge in [-0.15, -0.1) is 4.94 Å². The standard InChI is InChI=1S/C10H11.2C4H9.Al/c1-4-10-6-8(2)5-9(3)7-10;2*1-4(2)3;/h1,4-7H,2-3H3;2*4H,1H2,2-3H3;. The van der Waals surface area contributed by atoms with Crippen molar-refractivity contribution in [3.8, 4) is 0 Å². The van der Waals surface area contributed by atoms with Gasteiger partial charge >= 0.3 is 0 Å². The molecule has 0 saturated heterocycles. The molecule has 1 aromatic carbocycles. The van der Waals surface area contributed by atoms with E-state index in [2.05, 4.69) is 70.8 Å². The third kappa shape index (κ3) is 7.00. The minimum atomic E-state index is -0.731. The van der Waals surface area contributed by atoms with E-state index < -0.39 is 14.1 Å². The maximum Gasteiger partial charge on any atom is 0.295 e. The largest absolute Gasteiger partial charge is 0.295 e. The number of hydrogen-bond donors (Lipinski definition) is 0. The van der Waals surface area contributed by atoms with Gasteiger partial charge in [0.2, 0.25) is 0 Å². The molecule has 0 atom stereocenters. The first-order valence-electron chi connectivity index (χ1n) is 7.63. The maximum atomic E-state index is 2.56. The van der Waals surface area contributed by atoms with Crippen LogP contribution < -0.4 is 0 Å². The van der Waals surface area contributed by atoms with Crippen molar-refractivity contribution in [2.24, 2.45) is 11.8 Å². The minimum Gasteiger partial charge on any atom is -0.144 e. The van der Waals surface area contributed by atoms with Gasteiger partial charge in [-0.3, -0.25) is 0 Å². The molecule has 0 amide bonds. The van der Waals surface area contributed by atoms with Gasteiger partial charge in [0.05, 0.1) is 0 Å². The molecular formula is C18H29Al. The van der Waals surface area contributed by atoms with E-state index in [1.165, 1.54) is 27.3 Å². The van der Waals surface area contributed by atoms with Crippen LogP contribution in [0.15, 0.2) is 23.1 Å². The number of hydrogen-bond acceptors (Lipinski definition) is 0. The van der Waals surface area contributed by atoms with Crippen molar-refractivity contribution in [1.82, 2.24) is 0 Å². The molecule has 1 heteroatoms. The molecule has 0 aromatic heterocycles. The van der Waals surface area contributed by atoms with E-state index in [9.17, 15) is 0 Å². The van der Waals surface area contributed by atoms with Gasteiger partial charge in [0.25, 0.3) is 14.1 Å². The molecule has 0 unspecified atom stereocenters. The predicted octanol–water partition coefficient (Wildman–Crippen LogP) is 5.66. The molecule has 0 aliphatic rings. The van der Waals surface area contributed by atoms with E-state index in [1.54, 1.807) is 0 Å². The first-order chi connectivity index (χ1) is 8.86. The van der Waals surface area contributed by atoms with Crippen LogP contribution in [0.1, 0.15) is 44.4 Å². The molecule has 0 nitrogen and oxygen atoms in total. The van der Waals surface area contributed by atoms with Crippen LogP contribution in [0.2, 0.25) is 10.6 Å². The van der Waals surface area contributed by atoms with Crippen molar-refractivity contribution in [3.63, 3.8) is 0 Å². The van der Waals surface area contributed by atoms with Gasteiger partial charge in [0.15, 0.2) is 0 Å². The molecule has 0 heterocycles. The second-order valence-corrected chi connectivity index (χ2v) is 9.65. The lowest BCUT2D eigenvalue weighted by atomic mass is 10.1. The smallest absolute Gasteiger partial charge is 0.144 e. The molecule has 0 fully saturated rings. The lowest BCUT2D eigenvalue weighted by molar-refractivity contribution is 0.694. The van der Waals surface area contributed by atoms with Crippen LogP contribution in [0, 0.1) is 25.7 Å². The van der Waals surface area contributed by atoms with Gasteiger partial charge in [-0.1, -0.05) is 85.5 Å². The minimum absolute atomic E-state index is 0.731. The fourth-order valence-corrected chi connectivity index (χ4v) is 6.24. The second-order valence-electron chi connectivity index (χ2n) is 6.80. The SMILES string of the molecule is Cc1cc(C)cc(C=[CH][Al]([CH2]C(C)C)[CH2]C(C)C)c1. The lowest BCUT2D eigenvalue weighted by Crippen LogP contribution is -2.14. The number of rotatable bonds is 6. The summed E-state index contributed by atoms with van der Waals surface area (Å²) in [5.41, 5.74) is 4.11. The molecular weight excluding hydrogens is 243 g/mol. The summed E-state index contributed by atoms with van der Waals surface area (Å²) < 4.78 is 0. The molecule has 0 spiro atoms. The van der Waals surface area contributed by atoms with Crippen molar-refractivity contribution >= 4 is 20.2 Å². The third-order valence-electron chi connectivity index (χ3n) is 3.35. The Morgan fingerprint density at radius 1 is 0.895 bits per heavy atom. The van der Waals surface area contributed by atoms with Crippen molar-refractivity contribution < 1.29 is 0 Å². The highest BCUT2D eigenvalue weighted by Crippen LogP contribution is 2.17. The molecule has 1 aromatic rings. The lowest BCUT2D eigenvalue weighted by Gasteiger charge is -2.12. The zero-order valence-electron chi connectivity index (χ0n) is 13.5. The summed E-state index contributed by atoms with van der Waals surface area (Å²) in [6, 6.07) is 6.83. The molecule has 0 bridgehead atoms. The Hall–Kier alpha value is -0.508. The second kappa shape index (κ2) is 7.93. The monoisotopic (exact) mass is 272 g/mol. The Bertz CT molecular complexity index is 385. The average Bonchev–Trinajstić information content (AvgIpc) is 2.23. The van der Waals surface area contributed by atoms with Crippen LogP contribution in [0.25, 0.3) is 6.08 Å². The topological polar surface area (TPSA) is 0 Å². The van der Waals surface area contributed by atoms with Gasteiger partial charge in [-0.25, -0.2) is 0 Å². The molecule has 19 heavy (non-hydrogen) atoms. The predicted molar refractivity (Wildman–Crippen MR) is 90.0 cm³/mol. The fourth-order valence-electron chi connectivity index (χ4n) is 2.82. The van der Waals surface area contributed by atoms with Crippen LogP contribution in [-0.2, 0) is 0 Å². The summed E-state index contributed by atoms with van der Waals surface area (Å²) in [4.78, 5) is 2.56. The zero-order chi connectivity index (χ0) is 14.4. The van der Waals surface area contributed by atoms with E-state index >= 15 is 0 Å². The Balaban J connectivity index is 2.78. The summed E-state index contributed by atoms with van der Waals surface area (Å²) in [6.45, 7) is 13.8. The number of benzene rings is 1. The van der Waals surface area contributed by atoms with Crippen molar-refractivity contribution in [3.05, 3.63) is 39.8 Å². The molecule has 0 N–H and O–H groups in total. The van der Waals surface area contributed by atoms with E-state index in [0.29, 0.717) is 0 Å². The van der Waals surface area contributed by atoms with Gasteiger partial charge in [-0.05, 0) is 19.4 Å². The van der Waals surface area contributed by atoms with Gasteiger partial charge < -0.3 is 0 Å². The van der Waals surface area contributed by atoms with E-state index in [0.717, 1.165) is 11.8 Å². The molecule has 0 saturated carbocycles. The van der Waals surface area contributed by atoms with E-state index in [1.807, 2.05) is 0 Å². The van der Waals surface area contributed by atoms with E-state index in [-0.39, 0.29) is 0 Å². The van der Waals surface area contributed by atoms with Gasteiger partial charge in [0, 0.05) is 0 Å². The Kier molecular flexibility index (Phi) is 6.91. The Labute approximate surface area is 124 Å². The molecule has 104 valence electrons. The summed E-state index contributed by atoms with van der Waals surface area (Å²) in [5, 5.41) is 2.86. The Morgan fingerprint density at radius 3 is 1.79 bits per heavy atom. The third-order valence-corrected chi connectivity index (χ3v) is 7.19. The van der Waals surface area contributed by atoms with Crippen molar-refractivity contribution in [1.29, 1.82) is 0 Å². The van der Waals surface area contributed by atoms with Crippen molar-refractivity contribution in [2.45, 2.75) is 52.1 Å². The summed E-state index contributed by atoms with van der Waals surface area (Å²) in [7, 11) is 0. The first kappa shape index (κ1) is 16.5. The van der Waals surface area contributed by atoms with Crippen molar-refractivity contribution in [2.75, 3.05) is 0 Å². The van der Waals surface area contributed by atoms with Gasteiger partial charge in [0.1, 0.15) is 0 Å². The number of aryl methyl sites for hydroxylation is 2. The van der Waals surface area contributed by atoms with Crippen LogP contribution in [0.4, 0.5) is 0 Å². The maximum absolute atomic E-state index is 2.56. The summed E-state index contributed by atoms with van der Waals surface area (Å²) >= 11 is -0.731. The van der Waals surface area contributed by atoms with Crippen LogP contribution in [-0.4, -0.2) is 14.1 Å². The normalized spacial score (nSPS) is 11.8.